The van der Waals surface area contributed by atoms with Gasteiger partial charge in [0.1, 0.15) is 23.0 Å². The SMILES string of the molecule is CCCOc1c2cccc1Cc1cccc(c1OCCC)Cc1cccc(c1OCCCN1C(=O)c3ccccc3C1=O)Cc1cccc(c1OCCC)C2. The summed E-state index contributed by atoms with van der Waals surface area (Å²) in [5, 5.41) is 0. The van der Waals surface area contributed by atoms with Gasteiger partial charge in [-0.3, -0.25) is 14.5 Å². The van der Waals surface area contributed by atoms with Crippen LogP contribution in [0.5, 0.6) is 23.0 Å². The normalized spacial score (nSPS) is 13.4. The summed E-state index contributed by atoms with van der Waals surface area (Å²) in [7, 11) is 0. The fourth-order valence-electron chi connectivity index (χ4n) is 7.68. The number of hydrogen-bond acceptors (Lipinski definition) is 6. The van der Waals surface area contributed by atoms with Gasteiger partial charge in [-0.15, -0.1) is 0 Å². The van der Waals surface area contributed by atoms with E-state index in [1.165, 1.54) is 4.90 Å². The summed E-state index contributed by atoms with van der Waals surface area (Å²) in [5.74, 6) is 3.08. The predicted octanol–water partition coefficient (Wildman–Crippen LogP) is 9.79. The second-order valence-electron chi connectivity index (χ2n) is 14.4. The number of para-hydroxylation sites is 4. The smallest absolute Gasteiger partial charge is 0.261 e. The summed E-state index contributed by atoms with van der Waals surface area (Å²) in [5.41, 5.74) is 9.69. The van der Waals surface area contributed by atoms with E-state index in [2.05, 4.69) is 93.6 Å². The van der Waals surface area contributed by atoms with E-state index in [0.29, 0.717) is 69.7 Å². The van der Waals surface area contributed by atoms with Crippen LogP contribution in [0.2, 0.25) is 0 Å². The zero-order valence-corrected chi connectivity index (χ0v) is 32.3. The van der Waals surface area contributed by atoms with Crippen molar-refractivity contribution in [3.05, 3.63) is 153 Å². The maximum absolute atomic E-state index is 13.1. The molecule has 0 radical (unpaired) electrons. The molecule has 2 aliphatic rings. The molecule has 0 aromatic heterocycles. The zero-order chi connectivity index (χ0) is 38.1. The van der Waals surface area contributed by atoms with Gasteiger partial charge in [0.2, 0.25) is 0 Å². The fourth-order valence-corrected chi connectivity index (χ4v) is 7.68. The molecule has 0 spiro atoms. The van der Waals surface area contributed by atoms with Crippen LogP contribution in [0.25, 0.3) is 0 Å². The first kappa shape index (κ1) is 37.7. The van der Waals surface area contributed by atoms with Crippen molar-refractivity contribution in [1.29, 1.82) is 0 Å². The van der Waals surface area contributed by atoms with Crippen LogP contribution in [0.15, 0.2) is 97.1 Å². The highest BCUT2D eigenvalue weighted by Gasteiger charge is 2.34. The number of carbonyl (C=O) groups excluding carboxylic acids is 2. The Morgan fingerprint density at radius 2 is 0.709 bits per heavy atom. The van der Waals surface area contributed by atoms with Gasteiger partial charge in [-0.05, 0) is 82.3 Å². The van der Waals surface area contributed by atoms with E-state index in [1.807, 2.05) is 0 Å². The lowest BCUT2D eigenvalue weighted by Gasteiger charge is -2.23. The molecular formula is C48H51NO6. The lowest BCUT2D eigenvalue weighted by molar-refractivity contribution is 0.0646. The van der Waals surface area contributed by atoms with Crippen LogP contribution in [0.3, 0.4) is 0 Å². The van der Waals surface area contributed by atoms with E-state index in [4.69, 9.17) is 18.9 Å². The third-order valence-electron chi connectivity index (χ3n) is 10.2. The van der Waals surface area contributed by atoms with Crippen molar-refractivity contribution < 1.29 is 28.5 Å². The lowest BCUT2D eigenvalue weighted by Crippen LogP contribution is -2.31. The minimum Gasteiger partial charge on any atom is -0.493 e. The van der Waals surface area contributed by atoms with Crippen LogP contribution in [-0.2, 0) is 25.7 Å². The molecule has 2 amide bonds. The maximum Gasteiger partial charge on any atom is 0.261 e. The minimum absolute atomic E-state index is 0.246. The number of fused-ring (bicyclic) bond motifs is 9. The zero-order valence-electron chi connectivity index (χ0n) is 32.3. The number of hydrogen-bond donors (Lipinski definition) is 0. The molecule has 7 rings (SSSR count). The van der Waals surface area contributed by atoms with Crippen LogP contribution in [0.1, 0.15) is 112 Å². The standard InChI is InChI=1S/C48H51NO6/c1-4-25-52-43-33-14-9-15-34(43)30-36-17-11-19-38(45(36)54-27-6-3)32-40-21-12-20-39(31-37-18-10-16-35(29-33)44(37)53-26-5-2)46(40)55-28-13-24-49-47(50)41-22-7-8-23-42(41)48(49)51/h7-12,14-23H,4-6,13,24-32H2,1-3H3. The van der Waals surface area contributed by atoms with E-state index >= 15 is 0 Å². The van der Waals surface area contributed by atoms with Gasteiger partial charge < -0.3 is 18.9 Å². The van der Waals surface area contributed by atoms with Gasteiger partial charge in [0.05, 0.1) is 37.6 Å². The first-order valence-electron chi connectivity index (χ1n) is 19.9. The first-order valence-corrected chi connectivity index (χ1v) is 19.9. The number of imide groups is 1. The number of ether oxygens (including phenoxy) is 4. The second kappa shape index (κ2) is 17.7. The van der Waals surface area contributed by atoms with Crippen LogP contribution in [-0.4, -0.2) is 49.7 Å². The molecule has 0 N–H and O–H groups in total. The molecule has 8 bridgehead atoms. The Morgan fingerprint density at radius 3 is 1.00 bits per heavy atom. The quantitative estimate of drug-likeness (QED) is 0.0819. The summed E-state index contributed by atoms with van der Waals surface area (Å²) >= 11 is 0. The van der Waals surface area contributed by atoms with Gasteiger partial charge >= 0.3 is 0 Å². The van der Waals surface area contributed by atoms with E-state index in [0.717, 1.165) is 86.8 Å². The van der Waals surface area contributed by atoms with Crippen molar-refractivity contribution in [3.63, 3.8) is 0 Å². The maximum atomic E-state index is 13.1. The molecule has 5 aromatic carbocycles. The molecule has 1 aliphatic heterocycles. The second-order valence-corrected chi connectivity index (χ2v) is 14.4. The van der Waals surface area contributed by atoms with Gasteiger partial charge in [-0.1, -0.05) is 106 Å². The Hall–Kier alpha value is -5.56. The van der Waals surface area contributed by atoms with Crippen molar-refractivity contribution in [2.75, 3.05) is 33.0 Å². The Bertz CT molecular complexity index is 2020. The Kier molecular flexibility index (Phi) is 12.2. The fraction of sp³-hybridized carbons (Fsp3) is 0.333. The van der Waals surface area contributed by atoms with Crippen LogP contribution >= 0.6 is 0 Å². The molecule has 7 nitrogen and oxygen atoms in total. The number of nitrogens with zero attached hydrogens (tertiary/aromatic N) is 1. The van der Waals surface area contributed by atoms with Crippen LogP contribution in [0.4, 0.5) is 0 Å². The summed E-state index contributed by atoms with van der Waals surface area (Å²) < 4.78 is 26.5. The molecule has 0 saturated heterocycles. The topological polar surface area (TPSA) is 74.3 Å². The van der Waals surface area contributed by atoms with Crippen molar-refractivity contribution in [2.45, 2.75) is 72.1 Å². The number of rotatable bonds is 14. The molecule has 55 heavy (non-hydrogen) atoms. The van der Waals surface area contributed by atoms with E-state index in [9.17, 15) is 9.59 Å². The molecule has 0 unspecified atom stereocenters. The van der Waals surface area contributed by atoms with Crippen LogP contribution in [0, 0.1) is 0 Å². The van der Waals surface area contributed by atoms with Gasteiger partial charge in [-0.25, -0.2) is 0 Å². The molecule has 284 valence electrons. The van der Waals surface area contributed by atoms with Crippen LogP contribution < -0.4 is 18.9 Å². The number of carbonyl (C=O) groups is 2. The molecule has 1 heterocycles. The predicted molar refractivity (Wildman–Crippen MR) is 216 cm³/mol. The average Bonchev–Trinajstić information content (AvgIpc) is 3.44. The Balaban J connectivity index is 1.29. The molecule has 0 atom stereocenters. The van der Waals surface area contributed by atoms with Gasteiger partial charge in [0.25, 0.3) is 11.8 Å². The molecule has 0 fully saturated rings. The van der Waals surface area contributed by atoms with Crippen molar-refractivity contribution >= 4 is 11.8 Å². The van der Waals surface area contributed by atoms with E-state index in [1.54, 1.807) is 24.3 Å². The Labute approximate surface area is 325 Å². The molecule has 1 aliphatic carbocycles. The molecule has 7 heteroatoms. The minimum atomic E-state index is -0.246. The molecular weight excluding hydrogens is 687 g/mol. The highest BCUT2D eigenvalue weighted by molar-refractivity contribution is 6.21. The summed E-state index contributed by atoms with van der Waals surface area (Å²) in [4.78, 5) is 27.5. The van der Waals surface area contributed by atoms with Crippen molar-refractivity contribution in [3.8, 4) is 23.0 Å². The van der Waals surface area contributed by atoms with Gasteiger partial charge in [0.15, 0.2) is 0 Å². The highest BCUT2D eigenvalue weighted by Crippen LogP contribution is 2.39. The number of amides is 2. The summed E-state index contributed by atoms with van der Waals surface area (Å²) in [6, 6.07) is 32.8. The third kappa shape index (κ3) is 8.26. The average molecular weight is 738 g/mol. The number of benzene rings is 5. The van der Waals surface area contributed by atoms with Gasteiger partial charge in [0, 0.05) is 32.2 Å². The van der Waals surface area contributed by atoms with E-state index in [-0.39, 0.29) is 18.4 Å². The molecule has 0 saturated carbocycles. The monoisotopic (exact) mass is 737 g/mol. The first-order chi connectivity index (χ1) is 27.0. The third-order valence-corrected chi connectivity index (χ3v) is 10.2. The van der Waals surface area contributed by atoms with Crippen molar-refractivity contribution in [2.24, 2.45) is 0 Å². The van der Waals surface area contributed by atoms with Crippen molar-refractivity contribution in [1.82, 2.24) is 4.90 Å². The largest absolute Gasteiger partial charge is 0.493 e. The summed E-state index contributed by atoms with van der Waals surface area (Å²) in [6.45, 7) is 8.88. The lowest BCUT2D eigenvalue weighted by atomic mass is 9.91. The van der Waals surface area contributed by atoms with Gasteiger partial charge in [-0.2, -0.15) is 0 Å². The Morgan fingerprint density at radius 1 is 0.418 bits per heavy atom. The van der Waals surface area contributed by atoms with E-state index < -0.39 is 0 Å². The highest BCUT2D eigenvalue weighted by atomic mass is 16.5. The summed E-state index contributed by atoms with van der Waals surface area (Å²) in [6.07, 6.45) is 5.75. The molecule has 5 aromatic rings.